The van der Waals surface area contributed by atoms with Crippen molar-refractivity contribution in [3.8, 4) is 17.6 Å². The summed E-state index contributed by atoms with van der Waals surface area (Å²) in [6.07, 6.45) is 0. The van der Waals surface area contributed by atoms with Crippen LogP contribution in [0.2, 0.25) is 0 Å². The highest BCUT2D eigenvalue weighted by molar-refractivity contribution is 7.12. The van der Waals surface area contributed by atoms with Gasteiger partial charge in [0.25, 0.3) is 5.91 Å². The molecule has 1 heterocycles. The van der Waals surface area contributed by atoms with E-state index in [1.165, 1.54) is 17.4 Å². The number of aliphatic hydroxyl groups is 1. The SMILES string of the molecule is Cc1cc(O)ccc1C(=O)NCc1ccc(C#CCO)s1. The Kier molecular flexibility index (Phi) is 4.99. The van der Waals surface area contributed by atoms with E-state index in [0.717, 1.165) is 15.3 Å². The van der Waals surface area contributed by atoms with Crippen LogP contribution in [0.15, 0.2) is 30.3 Å². The monoisotopic (exact) mass is 301 g/mol. The summed E-state index contributed by atoms with van der Waals surface area (Å²) in [5.74, 6) is 5.38. The molecular formula is C16H15NO3S. The molecule has 2 aromatic rings. The molecule has 1 amide bonds. The number of benzene rings is 1. The number of rotatable bonds is 3. The summed E-state index contributed by atoms with van der Waals surface area (Å²) in [6, 6.07) is 8.42. The summed E-state index contributed by atoms with van der Waals surface area (Å²) in [7, 11) is 0. The molecule has 0 aliphatic heterocycles. The van der Waals surface area contributed by atoms with Gasteiger partial charge in [-0.05, 0) is 42.8 Å². The number of aromatic hydroxyl groups is 1. The van der Waals surface area contributed by atoms with Gasteiger partial charge < -0.3 is 15.5 Å². The van der Waals surface area contributed by atoms with Crippen LogP contribution >= 0.6 is 11.3 Å². The topological polar surface area (TPSA) is 69.6 Å². The fourth-order valence-electron chi connectivity index (χ4n) is 1.83. The van der Waals surface area contributed by atoms with E-state index in [9.17, 15) is 9.90 Å². The smallest absolute Gasteiger partial charge is 0.251 e. The van der Waals surface area contributed by atoms with Gasteiger partial charge in [0.1, 0.15) is 12.4 Å². The summed E-state index contributed by atoms with van der Waals surface area (Å²) >= 11 is 1.48. The largest absolute Gasteiger partial charge is 0.508 e. The highest BCUT2D eigenvalue weighted by atomic mass is 32.1. The lowest BCUT2D eigenvalue weighted by Gasteiger charge is -2.07. The average molecular weight is 301 g/mol. The number of carbonyl (C=O) groups excluding carboxylic acids is 1. The van der Waals surface area contributed by atoms with Gasteiger partial charge in [-0.3, -0.25) is 4.79 Å². The Morgan fingerprint density at radius 3 is 2.86 bits per heavy atom. The van der Waals surface area contributed by atoms with Crippen LogP contribution in [-0.2, 0) is 6.54 Å². The number of nitrogens with one attached hydrogen (secondary N) is 1. The third kappa shape index (κ3) is 4.09. The second-order valence-electron chi connectivity index (χ2n) is 4.41. The van der Waals surface area contributed by atoms with E-state index in [2.05, 4.69) is 17.2 Å². The molecule has 0 fully saturated rings. The summed E-state index contributed by atoms with van der Waals surface area (Å²) in [6.45, 7) is 2.04. The summed E-state index contributed by atoms with van der Waals surface area (Å²) in [4.78, 5) is 13.9. The van der Waals surface area contributed by atoms with Crippen LogP contribution in [0.1, 0.15) is 25.7 Å². The minimum atomic E-state index is -0.177. The number of phenolic OH excluding ortho intramolecular Hbond substituents is 1. The lowest BCUT2D eigenvalue weighted by Crippen LogP contribution is -2.23. The molecule has 108 valence electrons. The first-order valence-corrected chi connectivity index (χ1v) is 7.18. The summed E-state index contributed by atoms with van der Waals surface area (Å²) < 4.78 is 0. The maximum Gasteiger partial charge on any atom is 0.251 e. The summed E-state index contributed by atoms with van der Waals surface area (Å²) in [5.41, 5.74) is 1.28. The fourth-order valence-corrected chi connectivity index (χ4v) is 2.65. The molecule has 1 aromatic heterocycles. The number of aryl methyl sites for hydroxylation is 1. The molecule has 5 heteroatoms. The molecule has 0 unspecified atom stereocenters. The number of aliphatic hydroxyl groups excluding tert-OH is 1. The Labute approximate surface area is 127 Å². The Morgan fingerprint density at radius 1 is 1.33 bits per heavy atom. The van der Waals surface area contributed by atoms with E-state index in [-0.39, 0.29) is 18.3 Å². The second-order valence-corrected chi connectivity index (χ2v) is 5.58. The van der Waals surface area contributed by atoms with Crippen molar-refractivity contribution in [1.82, 2.24) is 5.32 Å². The van der Waals surface area contributed by atoms with Crippen LogP contribution in [0.5, 0.6) is 5.75 Å². The van der Waals surface area contributed by atoms with Gasteiger partial charge in [0, 0.05) is 10.4 Å². The van der Waals surface area contributed by atoms with Gasteiger partial charge in [0.2, 0.25) is 0 Å². The number of thiophene rings is 1. The lowest BCUT2D eigenvalue weighted by atomic mass is 10.1. The van der Waals surface area contributed by atoms with Gasteiger partial charge in [-0.2, -0.15) is 0 Å². The van der Waals surface area contributed by atoms with E-state index >= 15 is 0 Å². The van der Waals surface area contributed by atoms with Crippen LogP contribution in [0, 0.1) is 18.8 Å². The van der Waals surface area contributed by atoms with Crippen molar-refractivity contribution in [3.05, 3.63) is 51.2 Å². The second kappa shape index (κ2) is 6.93. The third-order valence-electron chi connectivity index (χ3n) is 2.83. The number of carbonyl (C=O) groups is 1. The Balaban J connectivity index is 1.99. The van der Waals surface area contributed by atoms with Crippen molar-refractivity contribution in [2.45, 2.75) is 13.5 Å². The molecule has 2 rings (SSSR count). The van der Waals surface area contributed by atoms with E-state index in [4.69, 9.17) is 5.11 Å². The fraction of sp³-hybridized carbons (Fsp3) is 0.188. The number of amides is 1. The molecule has 0 bridgehead atoms. The number of hydrogen-bond acceptors (Lipinski definition) is 4. The van der Waals surface area contributed by atoms with Gasteiger partial charge in [-0.1, -0.05) is 11.8 Å². The van der Waals surface area contributed by atoms with Crippen molar-refractivity contribution in [1.29, 1.82) is 0 Å². The van der Waals surface area contributed by atoms with E-state index in [1.54, 1.807) is 19.1 Å². The van der Waals surface area contributed by atoms with E-state index < -0.39 is 0 Å². The summed E-state index contributed by atoms with van der Waals surface area (Å²) in [5, 5.41) is 20.8. The minimum absolute atomic E-state index is 0.148. The van der Waals surface area contributed by atoms with Crippen LogP contribution in [0.25, 0.3) is 0 Å². The molecule has 0 saturated heterocycles. The van der Waals surface area contributed by atoms with Gasteiger partial charge in [0.15, 0.2) is 0 Å². The predicted molar refractivity (Wildman–Crippen MR) is 82.3 cm³/mol. The van der Waals surface area contributed by atoms with Gasteiger partial charge in [-0.25, -0.2) is 0 Å². The van der Waals surface area contributed by atoms with Crippen LogP contribution in [0.3, 0.4) is 0 Å². The van der Waals surface area contributed by atoms with Crippen molar-refractivity contribution < 1.29 is 15.0 Å². The third-order valence-corrected chi connectivity index (χ3v) is 3.83. The van der Waals surface area contributed by atoms with Crippen LogP contribution in [0.4, 0.5) is 0 Å². The highest BCUT2D eigenvalue weighted by Gasteiger charge is 2.09. The molecule has 0 saturated carbocycles. The van der Waals surface area contributed by atoms with Crippen molar-refractivity contribution in [3.63, 3.8) is 0 Å². The highest BCUT2D eigenvalue weighted by Crippen LogP contribution is 2.17. The number of hydrogen-bond donors (Lipinski definition) is 3. The minimum Gasteiger partial charge on any atom is -0.508 e. The van der Waals surface area contributed by atoms with Gasteiger partial charge in [-0.15, -0.1) is 11.3 Å². The van der Waals surface area contributed by atoms with E-state index in [1.807, 2.05) is 12.1 Å². The zero-order chi connectivity index (χ0) is 15.2. The molecule has 0 aliphatic rings. The van der Waals surface area contributed by atoms with Crippen LogP contribution < -0.4 is 5.32 Å². The molecule has 21 heavy (non-hydrogen) atoms. The quantitative estimate of drug-likeness (QED) is 0.760. The average Bonchev–Trinajstić information content (AvgIpc) is 2.90. The van der Waals surface area contributed by atoms with Crippen molar-refractivity contribution in [2.24, 2.45) is 0 Å². The molecule has 4 nitrogen and oxygen atoms in total. The molecule has 3 N–H and O–H groups in total. The van der Waals surface area contributed by atoms with Crippen molar-refractivity contribution >= 4 is 17.2 Å². The normalized spacial score (nSPS) is 9.81. The molecular weight excluding hydrogens is 286 g/mol. The Hall–Kier alpha value is -2.29. The lowest BCUT2D eigenvalue weighted by molar-refractivity contribution is 0.0950. The molecule has 0 aliphatic carbocycles. The van der Waals surface area contributed by atoms with Crippen LogP contribution in [-0.4, -0.2) is 22.7 Å². The van der Waals surface area contributed by atoms with Gasteiger partial charge >= 0.3 is 0 Å². The number of phenols is 1. The molecule has 0 spiro atoms. The maximum absolute atomic E-state index is 12.1. The first-order chi connectivity index (χ1) is 10.1. The Bertz CT molecular complexity index is 710. The molecule has 0 atom stereocenters. The van der Waals surface area contributed by atoms with Gasteiger partial charge in [0.05, 0.1) is 11.4 Å². The standard InChI is InChI=1S/C16H15NO3S/c1-11-9-12(19)4-7-15(11)16(20)17-10-14-6-5-13(21-14)3-2-8-18/h4-7,9,18-19H,8,10H2,1H3,(H,17,20). The molecule has 1 aromatic carbocycles. The zero-order valence-corrected chi connectivity index (χ0v) is 12.3. The first kappa shape index (κ1) is 15.1. The predicted octanol–water partition coefficient (Wildman–Crippen LogP) is 2.04. The zero-order valence-electron chi connectivity index (χ0n) is 11.5. The maximum atomic E-state index is 12.1. The molecule has 0 radical (unpaired) electrons. The first-order valence-electron chi connectivity index (χ1n) is 6.36. The van der Waals surface area contributed by atoms with Crippen molar-refractivity contribution in [2.75, 3.05) is 6.61 Å². The Morgan fingerprint density at radius 2 is 2.14 bits per heavy atom. The van der Waals surface area contributed by atoms with E-state index in [0.29, 0.717) is 12.1 Å².